The van der Waals surface area contributed by atoms with Crippen molar-refractivity contribution in [1.29, 1.82) is 0 Å². The number of hydrogen-bond donors (Lipinski definition) is 0. The molecule has 2 aromatic heterocycles. The van der Waals surface area contributed by atoms with Crippen molar-refractivity contribution in [3.8, 4) is 22.3 Å². The molecule has 0 aliphatic carbocycles. The van der Waals surface area contributed by atoms with E-state index in [9.17, 15) is 0 Å². The number of thiophene rings is 2. The Kier molecular flexibility index (Phi) is 10.9. The van der Waals surface area contributed by atoms with E-state index in [1.54, 1.807) is 0 Å². The molecule has 11 aromatic carbocycles. The van der Waals surface area contributed by atoms with Crippen LogP contribution in [-0.2, 0) is 0 Å². The van der Waals surface area contributed by atoms with Gasteiger partial charge in [-0.3, -0.25) is 0 Å². The van der Waals surface area contributed by atoms with E-state index >= 15 is 0 Å². The van der Waals surface area contributed by atoms with Crippen LogP contribution < -0.4 is 14.7 Å². The highest BCUT2D eigenvalue weighted by Gasteiger charge is 2.24. The number of rotatable bonds is 11. The highest BCUT2D eigenvalue weighted by molar-refractivity contribution is 7.26. The first kappa shape index (κ1) is 42.4. The van der Waals surface area contributed by atoms with Crippen LogP contribution in [0.5, 0.6) is 0 Å². The summed E-state index contributed by atoms with van der Waals surface area (Å²) in [5.74, 6) is 0. The number of hydrogen-bond acceptors (Lipinski definition) is 5. The van der Waals surface area contributed by atoms with Gasteiger partial charge in [-0.15, -0.1) is 22.7 Å². The largest absolute Gasteiger partial charge is 0.310 e. The van der Waals surface area contributed by atoms with Crippen LogP contribution in [0.3, 0.4) is 0 Å². The molecule has 0 saturated carbocycles. The number of para-hydroxylation sites is 3. The predicted molar refractivity (Wildman–Crippen MR) is 307 cm³/mol. The van der Waals surface area contributed by atoms with Crippen molar-refractivity contribution >= 4 is 114 Å². The van der Waals surface area contributed by atoms with Gasteiger partial charge in [-0.1, -0.05) is 176 Å². The van der Waals surface area contributed by atoms with E-state index in [2.05, 4.69) is 288 Å². The third kappa shape index (κ3) is 7.88. The highest BCUT2D eigenvalue weighted by Crippen LogP contribution is 2.50. The normalized spacial score (nSPS) is 11.4. The van der Waals surface area contributed by atoms with Gasteiger partial charge in [-0.25, -0.2) is 0 Å². The van der Waals surface area contributed by atoms with Crippen LogP contribution in [0.15, 0.2) is 273 Å². The lowest BCUT2D eigenvalue weighted by Crippen LogP contribution is -2.16. The summed E-state index contributed by atoms with van der Waals surface area (Å²) in [6, 6.07) is 99.1. The molecule has 0 unspecified atom stereocenters. The summed E-state index contributed by atoms with van der Waals surface area (Å²) in [6.45, 7) is 0. The molecule has 0 aliphatic heterocycles. The van der Waals surface area contributed by atoms with Gasteiger partial charge in [-0.05, 0) is 119 Å². The Hall–Kier alpha value is -8.74. The highest BCUT2D eigenvalue weighted by atomic mass is 32.1. The topological polar surface area (TPSA) is 9.72 Å². The molecule has 71 heavy (non-hydrogen) atoms. The minimum absolute atomic E-state index is 1.02. The first-order valence-electron chi connectivity index (χ1n) is 24.0. The monoisotopic (exact) mass is 943 g/mol. The Morgan fingerprint density at radius 3 is 1.13 bits per heavy atom. The summed E-state index contributed by atoms with van der Waals surface area (Å²) in [5.41, 5.74) is 14.3. The van der Waals surface area contributed by atoms with Crippen molar-refractivity contribution in [2.75, 3.05) is 14.7 Å². The van der Waals surface area contributed by atoms with Gasteiger partial charge in [0.05, 0.1) is 27.4 Å². The molecule has 13 aromatic rings. The lowest BCUT2D eigenvalue weighted by Gasteiger charge is -2.33. The molecule has 0 bridgehead atoms. The first-order valence-corrected chi connectivity index (χ1v) is 25.6. The molecule has 0 atom stereocenters. The number of anilines is 9. The van der Waals surface area contributed by atoms with Crippen molar-refractivity contribution in [1.82, 2.24) is 0 Å². The quantitative estimate of drug-likeness (QED) is 0.128. The van der Waals surface area contributed by atoms with Gasteiger partial charge < -0.3 is 14.7 Å². The molecule has 0 saturated heterocycles. The number of fused-ring (bicyclic) bond motifs is 6. The minimum Gasteiger partial charge on any atom is -0.310 e. The molecule has 0 radical (unpaired) electrons. The maximum Gasteiger partial charge on any atom is 0.0640 e. The molecule has 0 spiro atoms. The maximum absolute atomic E-state index is 2.48. The average molecular weight is 944 g/mol. The standard InChI is InChI=1S/C66H45N3S2/c1-5-19-46(20-6-1)47-35-39-52(40-36-47)68(51-25-11-4-12-26-51)55-43-54(67(49-21-7-2-8-22-49)50-23-9-3-10-24-50)44-56(45-55)69(62-32-18-31-61-59-28-14-16-34-64(59)71-66(61)62)53-41-37-48(38-42-53)57-29-17-30-60-58-27-13-15-33-63(58)70-65(57)60/h1-45H. The van der Waals surface area contributed by atoms with Gasteiger partial charge in [0.1, 0.15) is 0 Å². The van der Waals surface area contributed by atoms with E-state index < -0.39 is 0 Å². The maximum atomic E-state index is 2.48. The third-order valence-corrected chi connectivity index (χ3v) is 15.8. The van der Waals surface area contributed by atoms with E-state index in [1.165, 1.54) is 62.6 Å². The van der Waals surface area contributed by atoms with Gasteiger partial charge in [0.15, 0.2) is 0 Å². The van der Waals surface area contributed by atoms with Gasteiger partial charge in [0.25, 0.3) is 0 Å². The smallest absolute Gasteiger partial charge is 0.0640 e. The molecule has 13 rings (SSSR count). The van der Waals surface area contributed by atoms with Gasteiger partial charge in [0, 0.05) is 64.1 Å². The van der Waals surface area contributed by atoms with Crippen molar-refractivity contribution in [3.63, 3.8) is 0 Å². The lowest BCUT2D eigenvalue weighted by molar-refractivity contribution is 1.23. The number of nitrogens with zero attached hydrogens (tertiary/aromatic N) is 3. The molecular weight excluding hydrogens is 899 g/mol. The van der Waals surface area contributed by atoms with Crippen LogP contribution in [0.25, 0.3) is 62.6 Å². The summed E-state index contributed by atoms with van der Waals surface area (Å²) in [5, 5.41) is 5.12. The molecule has 0 fully saturated rings. The van der Waals surface area contributed by atoms with Crippen molar-refractivity contribution in [3.05, 3.63) is 273 Å². The fourth-order valence-electron chi connectivity index (χ4n) is 10.1. The molecule has 0 aliphatic rings. The van der Waals surface area contributed by atoms with E-state index in [-0.39, 0.29) is 0 Å². The van der Waals surface area contributed by atoms with Crippen molar-refractivity contribution in [2.45, 2.75) is 0 Å². The van der Waals surface area contributed by atoms with E-state index in [4.69, 9.17) is 0 Å². The van der Waals surface area contributed by atoms with Crippen LogP contribution in [0.4, 0.5) is 51.2 Å². The van der Waals surface area contributed by atoms with Crippen LogP contribution in [0.2, 0.25) is 0 Å². The van der Waals surface area contributed by atoms with E-state index in [0.29, 0.717) is 0 Å². The molecule has 3 nitrogen and oxygen atoms in total. The summed E-state index contributed by atoms with van der Waals surface area (Å²) in [6.07, 6.45) is 0. The second-order valence-electron chi connectivity index (χ2n) is 17.7. The fraction of sp³-hybridized carbons (Fsp3) is 0. The Bertz CT molecular complexity index is 3940. The molecular formula is C66H45N3S2. The second kappa shape index (κ2) is 18.3. The SMILES string of the molecule is c1ccc(-c2ccc(N(c3ccccc3)c3cc(N(c4ccccc4)c4ccccc4)cc(N(c4ccc(-c5cccc6c5sc5ccccc56)cc4)c4cccc5c4sc4ccccc45)c3)cc2)cc1. The van der Waals surface area contributed by atoms with Crippen LogP contribution in [0, 0.1) is 0 Å². The zero-order chi connectivity index (χ0) is 47.1. The summed E-state index contributed by atoms with van der Waals surface area (Å²) in [7, 11) is 0. The molecule has 0 N–H and O–H groups in total. The molecule has 336 valence electrons. The zero-order valence-corrected chi connectivity index (χ0v) is 40.3. The van der Waals surface area contributed by atoms with Crippen molar-refractivity contribution < 1.29 is 0 Å². The molecule has 2 heterocycles. The van der Waals surface area contributed by atoms with E-state index in [1.807, 2.05) is 22.7 Å². The number of benzene rings is 11. The van der Waals surface area contributed by atoms with Crippen LogP contribution in [-0.4, -0.2) is 0 Å². The van der Waals surface area contributed by atoms with Crippen LogP contribution in [0.1, 0.15) is 0 Å². The Labute approximate surface area is 421 Å². The molecule has 0 amide bonds. The van der Waals surface area contributed by atoms with Crippen molar-refractivity contribution in [2.24, 2.45) is 0 Å². The zero-order valence-electron chi connectivity index (χ0n) is 38.6. The van der Waals surface area contributed by atoms with E-state index in [0.717, 1.165) is 51.2 Å². The van der Waals surface area contributed by atoms with Gasteiger partial charge in [-0.2, -0.15) is 0 Å². The third-order valence-electron chi connectivity index (χ3n) is 13.4. The predicted octanol–water partition coefficient (Wildman–Crippen LogP) is 20.2. The fourth-order valence-corrected chi connectivity index (χ4v) is 12.6. The minimum atomic E-state index is 1.02. The Morgan fingerprint density at radius 2 is 0.592 bits per heavy atom. The Balaban J connectivity index is 1.06. The second-order valence-corrected chi connectivity index (χ2v) is 19.8. The average Bonchev–Trinajstić information content (AvgIpc) is 4.02. The summed E-state index contributed by atoms with van der Waals surface area (Å²) in [4.78, 5) is 7.24. The Morgan fingerprint density at radius 1 is 0.225 bits per heavy atom. The first-order chi connectivity index (χ1) is 35.2. The van der Waals surface area contributed by atoms with Gasteiger partial charge >= 0.3 is 0 Å². The summed E-state index contributed by atoms with van der Waals surface area (Å²) < 4.78 is 5.12. The van der Waals surface area contributed by atoms with Crippen LogP contribution >= 0.6 is 22.7 Å². The van der Waals surface area contributed by atoms with Gasteiger partial charge in [0.2, 0.25) is 0 Å². The lowest BCUT2D eigenvalue weighted by atomic mass is 10.0. The molecule has 5 heteroatoms. The summed E-state index contributed by atoms with van der Waals surface area (Å²) >= 11 is 3.73.